The van der Waals surface area contributed by atoms with E-state index in [1.165, 1.54) is 13.2 Å². The summed E-state index contributed by atoms with van der Waals surface area (Å²) in [7, 11) is 0. The minimum atomic E-state index is -1.53. The van der Waals surface area contributed by atoms with E-state index >= 15 is 0 Å². The van der Waals surface area contributed by atoms with Gasteiger partial charge < -0.3 is 37.9 Å². The highest BCUT2D eigenvalue weighted by atomic mass is 32.2. The monoisotopic (exact) mass is 677 g/mol. The van der Waals surface area contributed by atoms with Crippen molar-refractivity contribution >= 4 is 46.7 Å². The van der Waals surface area contributed by atoms with Crippen molar-refractivity contribution in [2.75, 3.05) is 13.2 Å². The third kappa shape index (κ3) is 9.39. The molecule has 16 heteroatoms. The van der Waals surface area contributed by atoms with Crippen LogP contribution in [0.4, 0.5) is 0 Å². The number of hydrogen-bond acceptors (Lipinski definition) is 16. The van der Waals surface area contributed by atoms with E-state index in [1.807, 2.05) is 6.08 Å². The fraction of sp³-hybridized carbons (Fsp3) is 0.516. The molecule has 0 spiro atoms. The lowest BCUT2D eigenvalue weighted by molar-refractivity contribution is -0.342. The smallest absolute Gasteiger partial charge is 0.303 e. The van der Waals surface area contributed by atoms with Crippen molar-refractivity contribution in [2.24, 2.45) is 11.8 Å². The van der Waals surface area contributed by atoms with Crippen LogP contribution in [0.1, 0.15) is 41.0 Å². The number of esters is 5. The average Bonchev–Trinajstić information content (AvgIpc) is 3.42. The summed E-state index contributed by atoms with van der Waals surface area (Å²) in [6, 6.07) is 3.39. The summed E-state index contributed by atoms with van der Waals surface area (Å²) in [4.78, 5) is 78.0. The Morgan fingerprint density at radius 2 is 1.43 bits per heavy atom. The SMILES string of the molecule is CC(=O)OCC1=CC[C@@H]2C(C(=O)Sc3ccncc3)=CO[C@@H](O[C@@H]3O[C@H](COC(C)=O)[C@@H](OC(C)=O)[C@H](OC(C)=O)[C@H]3OC(C)=O)[C@H]12. The van der Waals surface area contributed by atoms with Gasteiger partial charge in [-0.15, -0.1) is 0 Å². The Kier molecular flexibility index (Phi) is 12.1. The summed E-state index contributed by atoms with van der Waals surface area (Å²) in [5, 5.41) is -0.279. The average molecular weight is 678 g/mol. The summed E-state index contributed by atoms with van der Waals surface area (Å²) in [6.45, 7) is 5.19. The lowest BCUT2D eigenvalue weighted by atomic mass is 9.84. The molecule has 3 heterocycles. The molecule has 2 aliphatic heterocycles. The van der Waals surface area contributed by atoms with Gasteiger partial charge in [-0.3, -0.25) is 33.8 Å². The lowest BCUT2D eigenvalue weighted by Gasteiger charge is -2.45. The zero-order valence-corrected chi connectivity index (χ0v) is 27.1. The molecule has 0 aromatic carbocycles. The quantitative estimate of drug-likeness (QED) is 0.143. The molecular formula is C31H35NO14S. The van der Waals surface area contributed by atoms with E-state index in [-0.39, 0.29) is 11.7 Å². The molecule has 254 valence electrons. The fourth-order valence-corrected chi connectivity index (χ4v) is 6.26. The first kappa shape index (κ1) is 35.6. The predicted octanol–water partition coefficient (Wildman–Crippen LogP) is 2.17. The first-order valence-corrected chi connectivity index (χ1v) is 15.4. The summed E-state index contributed by atoms with van der Waals surface area (Å²) >= 11 is 0.992. The molecule has 0 amide bonds. The number of allylic oxidation sites excluding steroid dienone is 1. The van der Waals surface area contributed by atoms with E-state index in [1.54, 1.807) is 24.5 Å². The molecule has 47 heavy (non-hydrogen) atoms. The van der Waals surface area contributed by atoms with E-state index < -0.39 is 85.3 Å². The van der Waals surface area contributed by atoms with Crippen molar-refractivity contribution in [1.29, 1.82) is 0 Å². The maximum absolute atomic E-state index is 13.4. The molecule has 15 nitrogen and oxygen atoms in total. The molecular weight excluding hydrogens is 642 g/mol. The van der Waals surface area contributed by atoms with Gasteiger partial charge in [0.2, 0.25) is 17.7 Å². The number of rotatable bonds is 11. The largest absolute Gasteiger partial charge is 0.471 e. The van der Waals surface area contributed by atoms with Gasteiger partial charge in [0.25, 0.3) is 0 Å². The third-order valence-corrected chi connectivity index (χ3v) is 8.20. The molecule has 8 atom stereocenters. The van der Waals surface area contributed by atoms with Gasteiger partial charge in [-0.1, -0.05) is 6.08 Å². The molecule has 1 fully saturated rings. The third-order valence-electron chi connectivity index (χ3n) is 7.27. The summed E-state index contributed by atoms with van der Waals surface area (Å²) < 4.78 is 45.2. The van der Waals surface area contributed by atoms with Crippen LogP contribution in [-0.2, 0) is 66.7 Å². The van der Waals surface area contributed by atoms with Crippen LogP contribution in [0.25, 0.3) is 0 Å². The van der Waals surface area contributed by atoms with E-state index in [9.17, 15) is 28.8 Å². The first-order chi connectivity index (χ1) is 22.3. The van der Waals surface area contributed by atoms with E-state index in [4.69, 9.17) is 37.9 Å². The number of carbonyl (C=O) groups is 6. The van der Waals surface area contributed by atoms with E-state index in [2.05, 4.69) is 4.98 Å². The van der Waals surface area contributed by atoms with Crippen LogP contribution in [0.3, 0.4) is 0 Å². The highest BCUT2D eigenvalue weighted by molar-refractivity contribution is 8.14. The van der Waals surface area contributed by atoms with Crippen molar-refractivity contribution in [3.63, 3.8) is 0 Å². The maximum Gasteiger partial charge on any atom is 0.303 e. The van der Waals surface area contributed by atoms with Gasteiger partial charge in [0.15, 0.2) is 18.3 Å². The van der Waals surface area contributed by atoms with Gasteiger partial charge in [-0.05, 0) is 35.9 Å². The normalized spacial score (nSPS) is 27.9. The van der Waals surface area contributed by atoms with Crippen LogP contribution in [0.2, 0.25) is 0 Å². The molecule has 1 saturated heterocycles. The number of aromatic nitrogens is 1. The topological polar surface area (TPSA) is 189 Å². The first-order valence-electron chi connectivity index (χ1n) is 14.6. The van der Waals surface area contributed by atoms with Gasteiger partial charge in [-0.25, -0.2) is 0 Å². The van der Waals surface area contributed by atoms with Crippen molar-refractivity contribution in [3.8, 4) is 0 Å². The van der Waals surface area contributed by atoms with Crippen LogP contribution in [0.15, 0.2) is 52.9 Å². The Balaban J connectivity index is 1.69. The number of ether oxygens (including phenoxy) is 8. The van der Waals surface area contributed by atoms with Crippen LogP contribution >= 0.6 is 11.8 Å². The minimum Gasteiger partial charge on any atom is -0.471 e. The molecule has 0 N–H and O–H groups in total. The zero-order valence-electron chi connectivity index (χ0n) is 26.3. The molecule has 0 bridgehead atoms. The number of hydrogen-bond donors (Lipinski definition) is 0. The van der Waals surface area contributed by atoms with Crippen LogP contribution in [-0.4, -0.2) is 90.2 Å². The van der Waals surface area contributed by atoms with Crippen molar-refractivity contribution in [1.82, 2.24) is 4.98 Å². The van der Waals surface area contributed by atoms with Gasteiger partial charge in [0.05, 0.1) is 12.2 Å². The molecule has 1 aromatic heterocycles. The highest BCUT2D eigenvalue weighted by Crippen LogP contribution is 2.46. The van der Waals surface area contributed by atoms with Gasteiger partial charge in [0, 0.05) is 63.4 Å². The van der Waals surface area contributed by atoms with E-state index in [0.29, 0.717) is 22.5 Å². The molecule has 0 radical (unpaired) electrons. The summed E-state index contributed by atoms with van der Waals surface area (Å²) in [5.41, 5.74) is 0.959. The lowest BCUT2D eigenvalue weighted by Crippen LogP contribution is -2.63. The molecule has 1 aliphatic carbocycles. The second kappa shape index (κ2) is 16.0. The van der Waals surface area contributed by atoms with Gasteiger partial charge >= 0.3 is 29.8 Å². The number of nitrogens with zero attached hydrogens (tertiary/aromatic N) is 1. The van der Waals surface area contributed by atoms with E-state index in [0.717, 1.165) is 39.5 Å². The molecule has 1 aromatic rings. The summed E-state index contributed by atoms with van der Waals surface area (Å²) in [5.74, 6) is -4.72. The minimum absolute atomic E-state index is 0.114. The van der Waals surface area contributed by atoms with Crippen LogP contribution in [0, 0.1) is 11.8 Å². The molecule has 3 aliphatic rings. The Bertz CT molecular complexity index is 1430. The number of thioether (sulfide) groups is 1. The Morgan fingerprint density at radius 3 is 2.04 bits per heavy atom. The van der Waals surface area contributed by atoms with Gasteiger partial charge in [0.1, 0.15) is 19.3 Å². The highest BCUT2D eigenvalue weighted by Gasteiger charge is 2.55. The number of fused-ring (bicyclic) bond motifs is 1. The number of carbonyl (C=O) groups excluding carboxylic acids is 6. The standard InChI is InChI=1S/C31H35NO14S/c1-15(33)39-12-20-6-7-22-23(29(38)47-21-8-10-32-11-9-21)13-41-30(25(20)22)46-31-28(44-19(5)37)27(43-18(4)36)26(42-17(3)35)24(45-31)14-40-16(2)34/h6,8-11,13,22,24-28,30-31H,7,12,14H2,1-5H3/t22-,24-,25-,26-,27+,28-,30+,31+/m1/s1. The second-order valence-electron chi connectivity index (χ2n) is 10.8. The van der Waals surface area contributed by atoms with Crippen LogP contribution in [0.5, 0.6) is 0 Å². The van der Waals surface area contributed by atoms with Gasteiger partial charge in [-0.2, -0.15) is 0 Å². The van der Waals surface area contributed by atoms with Crippen LogP contribution < -0.4 is 0 Å². The molecule has 0 saturated carbocycles. The Hall–Kier alpha value is -4.28. The summed E-state index contributed by atoms with van der Waals surface area (Å²) in [6.07, 6.45) is -1.67. The molecule has 0 unspecified atom stereocenters. The Morgan fingerprint density at radius 1 is 0.809 bits per heavy atom. The van der Waals surface area contributed by atoms with Crippen molar-refractivity contribution < 1.29 is 66.7 Å². The molecule has 4 rings (SSSR count). The maximum atomic E-state index is 13.4. The van der Waals surface area contributed by atoms with Crippen molar-refractivity contribution in [2.45, 2.75) is 82.9 Å². The number of pyridine rings is 1. The second-order valence-corrected chi connectivity index (χ2v) is 11.8. The van der Waals surface area contributed by atoms with Crippen molar-refractivity contribution in [3.05, 3.63) is 48.0 Å². The predicted molar refractivity (Wildman–Crippen MR) is 157 cm³/mol. The Labute approximate surface area is 274 Å². The zero-order chi connectivity index (χ0) is 34.2. The fourth-order valence-electron chi connectivity index (χ4n) is 5.48.